The third-order valence-electron chi connectivity index (χ3n) is 6.55. The molecule has 8 heteroatoms. The van der Waals surface area contributed by atoms with Crippen LogP contribution in [0.3, 0.4) is 0 Å². The van der Waals surface area contributed by atoms with Crippen LogP contribution in [0.1, 0.15) is 38.5 Å². The zero-order valence-electron chi connectivity index (χ0n) is 15.6. The quantitative estimate of drug-likeness (QED) is 0.574. The average molecular weight is 418 g/mol. The van der Waals surface area contributed by atoms with Gasteiger partial charge >= 0.3 is 0 Å². The maximum atomic E-state index is 12.7. The summed E-state index contributed by atoms with van der Waals surface area (Å²) < 4.78 is 1.41. The number of hydrogen-bond donors (Lipinski definition) is 2. The first-order valence-corrected chi connectivity index (χ1v) is 11.3. The lowest BCUT2D eigenvalue weighted by molar-refractivity contribution is -0.124. The number of nitrogen functional groups attached to an aromatic ring is 1. The number of rotatable bonds is 5. The predicted molar refractivity (Wildman–Crippen MR) is 110 cm³/mol. The number of carbonyl (C=O) groups excluding carboxylic acids is 1. The molecule has 4 aliphatic carbocycles. The molecule has 0 aliphatic heterocycles. The highest BCUT2D eigenvalue weighted by molar-refractivity contribution is 7.99. The molecule has 0 unspecified atom stereocenters. The van der Waals surface area contributed by atoms with Gasteiger partial charge in [-0.1, -0.05) is 35.5 Å². The van der Waals surface area contributed by atoms with Gasteiger partial charge in [0.1, 0.15) is 0 Å². The van der Waals surface area contributed by atoms with Gasteiger partial charge in [-0.3, -0.25) is 4.79 Å². The largest absolute Gasteiger partial charge is 0.350 e. The van der Waals surface area contributed by atoms with Crippen LogP contribution >= 0.6 is 23.4 Å². The highest BCUT2D eigenvalue weighted by Crippen LogP contribution is 2.55. The third-order valence-corrected chi connectivity index (χ3v) is 7.83. The van der Waals surface area contributed by atoms with Crippen molar-refractivity contribution in [1.29, 1.82) is 0 Å². The van der Waals surface area contributed by atoms with Crippen molar-refractivity contribution in [3.05, 3.63) is 29.3 Å². The van der Waals surface area contributed by atoms with Crippen molar-refractivity contribution in [2.75, 3.05) is 11.6 Å². The molecule has 0 atom stereocenters. The summed E-state index contributed by atoms with van der Waals surface area (Å²) in [6.45, 7) is 0. The molecule has 1 aromatic carbocycles. The maximum Gasteiger partial charge on any atom is 0.230 e. The van der Waals surface area contributed by atoms with Crippen LogP contribution in [0.2, 0.25) is 5.02 Å². The Kier molecular flexibility index (Phi) is 4.55. The van der Waals surface area contributed by atoms with Crippen LogP contribution in [0.5, 0.6) is 0 Å². The minimum atomic E-state index is 0.0332. The molecule has 4 bridgehead atoms. The van der Waals surface area contributed by atoms with E-state index in [1.807, 2.05) is 18.2 Å². The SMILES string of the molecule is Nn1c(SCC(=O)NC23CC4CC(CC(C4)C2)C3)nnc1-c1ccccc1Cl. The summed E-state index contributed by atoms with van der Waals surface area (Å²) in [5.74, 6) is 9.44. The van der Waals surface area contributed by atoms with Crippen LogP contribution in [0.15, 0.2) is 29.4 Å². The lowest BCUT2D eigenvalue weighted by atomic mass is 9.53. The number of nitrogens with zero attached hydrogens (tertiary/aromatic N) is 3. The number of carbonyl (C=O) groups is 1. The van der Waals surface area contributed by atoms with Crippen molar-refractivity contribution in [2.24, 2.45) is 17.8 Å². The van der Waals surface area contributed by atoms with E-state index < -0.39 is 0 Å². The van der Waals surface area contributed by atoms with E-state index in [1.54, 1.807) is 6.07 Å². The van der Waals surface area contributed by atoms with Crippen LogP contribution in [0, 0.1) is 17.8 Å². The third kappa shape index (κ3) is 3.28. The molecule has 148 valence electrons. The number of benzene rings is 1. The Hall–Kier alpha value is -1.73. The Bertz CT molecular complexity index is 878. The maximum absolute atomic E-state index is 12.7. The van der Waals surface area contributed by atoms with Crippen molar-refractivity contribution in [2.45, 2.75) is 49.2 Å². The zero-order chi connectivity index (χ0) is 19.3. The minimum absolute atomic E-state index is 0.0332. The molecule has 0 radical (unpaired) electrons. The minimum Gasteiger partial charge on any atom is -0.350 e. The van der Waals surface area contributed by atoms with E-state index in [0.29, 0.717) is 21.8 Å². The number of amides is 1. The summed E-state index contributed by atoms with van der Waals surface area (Å²) in [5, 5.41) is 12.8. The molecular weight excluding hydrogens is 394 g/mol. The molecule has 0 spiro atoms. The summed E-state index contributed by atoms with van der Waals surface area (Å²) in [6, 6.07) is 7.37. The van der Waals surface area contributed by atoms with Gasteiger partial charge in [-0.15, -0.1) is 10.2 Å². The fourth-order valence-corrected chi connectivity index (χ4v) is 6.80. The monoisotopic (exact) mass is 417 g/mol. The summed E-state index contributed by atoms with van der Waals surface area (Å²) in [4.78, 5) is 12.7. The Balaban J connectivity index is 1.24. The molecule has 4 aliphatic rings. The van der Waals surface area contributed by atoms with E-state index in [-0.39, 0.29) is 11.4 Å². The van der Waals surface area contributed by atoms with Gasteiger partial charge in [0.15, 0.2) is 5.82 Å². The molecule has 2 aromatic rings. The molecule has 4 fully saturated rings. The van der Waals surface area contributed by atoms with Gasteiger partial charge in [0, 0.05) is 11.1 Å². The van der Waals surface area contributed by atoms with Gasteiger partial charge in [0.2, 0.25) is 11.1 Å². The molecule has 0 saturated heterocycles. The van der Waals surface area contributed by atoms with Crippen LogP contribution in [0.25, 0.3) is 11.4 Å². The average Bonchev–Trinajstić information content (AvgIpc) is 2.99. The summed E-state index contributed by atoms with van der Waals surface area (Å²) in [6.07, 6.45) is 7.55. The second kappa shape index (κ2) is 6.95. The van der Waals surface area contributed by atoms with Crippen molar-refractivity contribution < 1.29 is 4.79 Å². The van der Waals surface area contributed by atoms with Gasteiger partial charge in [0.05, 0.1) is 10.8 Å². The highest BCUT2D eigenvalue weighted by atomic mass is 35.5. The van der Waals surface area contributed by atoms with Crippen molar-refractivity contribution in [3.63, 3.8) is 0 Å². The van der Waals surface area contributed by atoms with Gasteiger partial charge in [0.25, 0.3) is 0 Å². The van der Waals surface area contributed by atoms with Crippen LogP contribution in [-0.2, 0) is 4.79 Å². The van der Waals surface area contributed by atoms with E-state index in [9.17, 15) is 4.79 Å². The lowest BCUT2D eigenvalue weighted by Gasteiger charge is -2.56. The highest BCUT2D eigenvalue weighted by Gasteiger charge is 2.51. The first-order valence-electron chi connectivity index (χ1n) is 9.90. The van der Waals surface area contributed by atoms with Gasteiger partial charge in [-0.05, 0) is 68.4 Å². The molecule has 4 saturated carbocycles. The van der Waals surface area contributed by atoms with Gasteiger partial charge in [-0.25, -0.2) is 4.68 Å². The van der Waals surface area contributed by atoms with E-state index in [2.05, 4.69) is 15.5 Å². The molecule has 1 amide bonds. The van der Waals surface area contributed by atoms with E-state index in [4.69, 9.17) is 17.4 Å². The Morgan fingerprint density at radius 1 is 1.18 bits per heavy atom. The smallest absolute Gasteiger partial charge is 0.230 e. The lowest BCUT2D eigenvalue weighted by Crippen LogP contribution is -2.60. The van der Waals surface area contributed by atoms with Gasteiger partial charge < -0.3 is 11.2 Å². The van der Waals surface area contributed by atoms with Crippen molar-refractivity contribution >= 4 is 29.3 Å². The number of nitrogens with one attached hydrogen (secondary N) is 1. The van der Waals surface area contributed by atoms with Crippen molar-refractivity contribution in [1.82, 2.24) is 20.2 Å². The molecule has 6 nitrogen and oxygen atoms in total. The fourth-order valence-electron chi connectivity index (χ4n) is 5.93. The molecule has 6 rings (SSSR count). The van der Waals surface area contributed by atoms with Crippen LogP contribution in [-0.4, -0.2) is 32.1 Å². The molecule has 28 heavy (non-hydrogen) atoms. The van der Waals surface area contributed by atoms with Crippen LogP contribution < -0.4 is 11.2 Å². The Morgan fingerprint density at radius 3 is 2.46 bits per heavy atom. The number of halogens is 1. The number of nitrogens with two attached hydrogens (primary N) is 1. The van der Waals surface area contributed by atoms with Gasteiger partial charge in [-0.2, -0.15) is 0 Å². The molecule has 1 heterocycles. The molecule has 3 N–H and O–H groups in total. The Morgan fingerprint density at radius 2 is 1.82 bits per heavy atom. The fraction of sp³-hybridized carbons (Fsp3) is 0.550. The van der Waals surface area contributed by atoms with E-state index in [1.165, 1.54) is 35.7 Å². The topological polar surface area (TPSA) is 85.8 Å². The summed E-state index contributed by atoms with van der Waals surface area (Å²) in [7, 11) is 0. The Labute approximate surface area is 173 Å². The van der Waals surface area contributed by atoms with Crippen molar-refractivity contribution in [3.8, 4) is 11.4 Å². The second-order valence-corrected chi connectivity index (χ2v) is 10.0. The summed E-state index contributed by atoms with van der Waals surface area (Å²) >= 11 is 7.55. The summed E-state index contributed by atoms with van der Waals surface area (Å²) in [5.41, 5.74) is 0.759. The number of hydrogen-bond acceptors (Lipinski definition) is 5. The standard InChI is InChI=1S/C20H24ClN5OS/c21-16-4-2-1-3-15(16)18-24-25-19(26(18)22)28-11-17(27)23-20-8-12-5-13(9-20)7-14(6-12)10-20/h1-4,12-14H,5-11,22H2,(H,23,27). The van der Waals surface area contributed by atoms with Crippen LogP contribution in [0.4, 0.5) is 0 Å². The normalized spacial score (nSPS) is 30.5. The van der Waals surface area contributed by atoms with E-state index in [0.717, 1.165) is 42.6 Å². The number of thioether (sulfide) groups is 1. The van der Waals surface area contributed by atoms with E-state index >= 15 is 0 Å². The first-order chi connectivity index (χ1) is 13.5. The molecular formula is C20H24ClN5OS. The second-order valence-electron chi connectivity index (χ2n) is 8.69. The number of aromatic nitrogens is 3. The molecule has 1 aromatic heterocycles. The first kappa shape index (κ1) is 18.3. The predicted octanol–water partition coefficient (Wildman–Crippen LogP) is 3.49. The zero-order valence-corrected chi connectivity index (χ0v) is 17.2.